The van der Waals surface area contributed by atoms with Gasteiger partial charge in [-0.25, -0.2) is 17.2 Å². The number of fused-ring (bicyclic) bond motifs is 1. The summed E-state index contributed by atoms with van der Waals surface area (Å²) in [4.78, 5) is 13.4. The van der Waals surface area contributed by atoms with E-state index >= 15 is 0 Å². The minimum atomic E-state index is -4.32. The molecule has 1 aromatic heterocycles. The Kier molecular flexibility index (Phi) is 7.43. The molecule has 1 unspecified atom stereocenters. The van der Waals surface area contributed by atoms with Gasteiger partial charge in [-0.3, -0.25) is 4.57 Å². The summed E-state index contributed by atoms with van der Waals surface area (Å²) in [7, 11) is -8.33. The Morgan fingerprint density at radius 3 is 2.25 bits per heavy atom. The Morgan fingerprint density at radius 1 is 0.972 bits per heavy atom. The van der Waals surface area contributed by atoms with Crippen LogP contribution in [0.2, 0.25) is 5.02 Å². The summed E-state index contributed by atoms with van der Waals surface area (Å²) < 4.78 is 54.7. The number of ether oxygens (including phenoxy) is 1. The highest BCUT2D eigenvalue weighted by atomic mass is 35.5. The lowest BCUT2D eigenvalue weighted by Gasteiger charge is -2.20. The zero-order valence-corrected chi connectivity index (χ0v) is 22.4. The van der Waals surface area contributed by atoms with Gasteiger partial charge in [-0.1, -0.05) is 47.5 Å². The van der Waals surface area contributed by atoms with Crippen LogP contribution in [0.4, 0.5) is 0 Å². The van der Waals surface area contributed by atoms with Crippen molar-refractivity contribution in [3.05, 3.63) is 89.1 Å². The monoisotopic (exact) mass is 545 g/mol. The van der Waals surface area contributed by atoms with Gasteiger partial charge < -0.3 is 9.26 Å². The molecule has 36 heavy (non-hydrogen) atoms. The van der Waals surface area contributed by atoms with E-state index in [9.17, 15) is 17.8 Å². The third-order valence-corrected chi connectivity index (χ3v) is 10.2. The lowest BCUT2D eigenvalue weighted by Crippen LogP contribution is -2.28. The molecule has 0 radical (unpaired) electrons. The second-order valence-electron chi connectivity index (χ2n) is 7.97. The van der Waals surface area contributed by atoms with Crippen molar-refractivity contribution in [2.24, 2.45) is 0 Å². The first kappa shape index (κ1) is 26.2. The Morgan fingerprint density at radius 2 is 1.64 bits per heavy atom. The van der Waals surface area contributed by atoms with E-state index < -0.39 is 23.4 Å². The molecule has 4 rings (SSSR count). The van der Waals surface area contributed by atoms with E-state index in [1.54, 1.807) is 56.3 Å². The highest BCUT2D eigenvalue weighted by molar-refractivity contribution is 7.90. The minimum Gasteiger partial charge on any atom is -0.461 e. The van der Waals surface area contributed by atoms with E-state index in [4.69, 9.17) is 20.9 Å². The second kappa shape index (κ2) is 10.2. The first-order valence-electron chi connectivity index (χ1n) is 11.3. The molecule has 188 valence electrons. The number of aryl methyl sites for hydroxylation is 1. The maximum absolute atomic E-state index is 14.8. The fraction of sp³-hybridized carbons (Fsp3) is 0.192. The van der Waals surface area contributed by atoms with Crippen LogP contribution < -0.4 is 10.6 Å². The number of hydrogen-bond donors (Lipinski definition) is 0. The number of esters is 1. The van der Waals surface area contributed by atoms with Crippen molar-refractivity contribution in [3.8, 4) is 0 Å². The standard InChI is InChI=1S/C26H25ClNO6PS/c1-4-33-26(29)24-25(35(30,34-5-2)20-14-11-18(3)12-15-20)22-17-19(27)13-16-23(22)28(24)36(31,32)21-9-7-6-8-10-21/h6-17H,4-5H2,1-3H3. The molecule has 0 aliphatic rings. The largest absolute Gasteiger partial charge is 0.461 e. The molecule has 0 fully saturated rings. The third-order valence-electron chi connectivity index (χ3n) is 5.59. The van der Waals surface area contributed by atoms with Gasteiger partial charge in [-0.15, -0.1) is 0 Å². The van der Waals surface area contributed by atoms with Gasteiger partial charge in [0.25, 0.3) is 17.4 Å². The molecule has 7 nitrogen and oxygen atoms in total. The lowest BCUT2D eigenvalue weighted by molar-refractivity contribution is 0.0520. The maximum Gasteiger partial charge on any atom is 0.356 e. The Labute approximate surface area is 215 Å². The lowest BCUT2D eigenvalue weighted by atomic mass is 10.2. The number of benzene rings is 3. The summed E-state index contributed by atoms with van der Waals surface area (Å²) in [5, 5.41) is 0.753. The summed E-state index contributed by atoms with van der Waals surface area (Å²) in [5.41, 5.74) is 0.688. The van der Waals surface area contributed by atoms with Crippen LogP contribution in [-0.4, -0.2) is 31.6 Å². The van der Waals surface area contributed by atoms with Crippen LogP contribution in [0.3, 0.4) is 0 Å². The molecule has 1 atom stereocenters. The van der Waals surface area contributed by atoms with Crippen molar-refractivity contribution >= 4 is 56.5 Å². The zero-order chi connectivity index (χ0) is 26.1. The van der Waals surface area contributed by atoms with Gasteiger partial charge in [0.2, 0.25) is 0 Å². The van der Waals surface area contributed by atoms with Crippen LogP contribution in [0.1, 0.15) is 29.9 Å². The van der Waals surface area contributed by atoms with Crippen LogP contribution in [0.15, 0.2) is 77.7 Å². The third kappa shape index (κ3) is 4.50. The molecule has 3 aromatic carbocycles. The van der Waals surface area contributed by atoms with E-state index in [0.29, 0.717) is 5.30 Å². The summed E-state index contributed by atoms with van der Waals surface area (Å²) in [6.07, 6.45) is 0. The maximum atomic E-state index is 14.8. The number of hydrogen-bond acceptors (Lipinski definition) is 6. The molecule has 0 spiro atoms. The second-order valence-corrected chi connectivity index (χ2v) is 12.5. The van der Waals surface area contributed by atoms with Gasteiger partial charge in [-0.05, 0) is 63.2 Å². The Hall–Kier alpha value is -2.90. The molecule has 1 heterocycles. The van der Waals surface area contributed by atoms with Crippen LogP contribution >= 0.6 is 19.0 Å². The molecule has 0 aliphatic carbocycles. The number of carbonyl (C=O) groups excluding carboxylic acids is 1. The van der Waals surface area contributed by atoms with Crippen LogP contribution in [0.5, 0.6) is 0 Å². The SMILES string of the molecule is CCOC(=O)c1c(P(=O)(OCC)c2ccc(C)cc2)c2cc(Cl)ccc2n1S(=O)(=O)c1ccccc1. The molecule has 0 amide bonds. The molecule has 0 N–H and O–H groups in total. The number of halogens is 1. The van der Waals surface area contributed by atoms with Crippen molar-refractivity contribution in [2.75, 3.05) is 13.2 Å². The molecule has 0 saturated heterocycles. The van der Waals surface area contributed by atoms with Crippen molar-refractivity contribution in [1.29, 1.82) is 0 Å². The molecular weight excluding hydrogens is 521 g/mol. The van der Waals surface area contributed by atoms with Gasteiger partial charge in [-0.2, -0.15) is 0 Å². The molecule has 0 aliphatic heterocycles. The molecule has 0 bridgehead atoms. The van der Waals surface area contributed by atoms with E-state index in [-0.39, 0.29) is 45.0 Å². The van der Waals surface area contributed by atoms with E-state index in [2.05, 4.69) is 0 Å². The topological polar surface area (TPSA) is 91.7 Å². The number of nitrogens with zero attached hydrogens (tertiary/aromatic N) is 1. The first-order valence-corrected chi connectivity index (χ1v) is 14.7. The average molecular weight is 546 g/mol. The van der Waals surface area contributed by atoms with Crippen LogP contribution in [0.25, 0.3) is 10.9 Å². The Balaban J connectivity index is 2.21. The van der Waals surface area contributed by atoms with Gasteiger partial charge in [0.15, 0.2) is 5.69 Å². The fourth-order valence-electron chi connectivity index (χ4n) is 4.03. The average Bonchev–Trinajstić information content (AvgIpc) is 3.21. The van der Waals surface area contributed by atoms with Crippen LogP contribution in [0, 0.1) is 6.92 Å². The highest BCUT2D eigenvalue weighted by Gasteiger charge is 2.41. The smallest absolute Gasteiger partial charge is 0.356 e. The van der Waals surface area contributed by atoms with Crippen molar-refractivity contribution in [3.63, 3.8) is 0 Å². The van der Waals surface area contributed by atoms with Crippen LogP contribution in [-0.2, 0) is 23.8 Å². The Bertz CT molecular complexity index is 1580. The number of aromatic nitrogens is 1. The number of rotatable bonds is 8. The van der Waals surface area contributed by atoms with Gasteiger partial charge in [0.05, 0.1) is 28.9 Å². The molecular formula is C26H25ClNO6PS. The van der Waals surface area contributed by atoms with E-state index in [0.717, 1.165) is 9.54 Å². The van der Waals surface area contributed by atoms with Gasteiger partial charge >= 0.3 is 5.97 Å². The number of carbonyl (C=O) groups is 1. The molecule has 10 heteroatoms. The highest BCUT2D eigenvalue weighted by Crippen LogP contribution is 2.49. The predicted octanol–water partition coefficient (Wildman–Crippen LogP) is 5.28. The predicted molar refractivity (Wildman–Crippen MR) is 142 cm³/mol. The summed E-state index contributed by atoms with van der Waals surface area (Å²) in [6.45, 7) is 5.20. The van der Waals surface area contributed by atoms with Gasteiger partial charge in [0, 0.05) is 15.7 Å². The molecule has 4 aromatic rings. The summed E-state index contributed by atoms with van der Waals surface area (Å²) in [5.74, 6) is -0.939. The van der Waals surface area contributed by atoms with Crippen molar-refractivity contribution < 1.29 is 27.0 Å². The van der Waals surface area contributed by atoms with E-state index in [1.807, 2.05) is 6.92 Å². The summed E-state index contributed by atoms with van der Waals surface area (Å²) >= 11 is 6.31. The normalized spacial score (nSPS) is 13.4. The quantitative estimate of drug-likeness (QED) is 0.221. The van der Waals surface area contributed by atoms with Crippen molar-refractivity contribution in [1.82, 2.24) is 3.97 Å². The van der Waals surface area contributed by atoms with E-state index in [1.165, 1.54) is 30.3 Å². The zero-order valence-electron chi connectivity index (χ0n) is 20.0. The minimum absolute atomic E-state index is 0.0184. The summed E-state index contributed by atoms with van der Waals surface area (Å²) in [6, 6.07) is 19.0. The fourth-order valence-corrected chi connectivity index (χ4v) is 8.22. The molecule has 0 saturated carbocycles. The van der Waals surface area contributed by atoms with Gasteiger partial charge in [0.1, 0.15) is 0 Å². The van der Waals surface area contributed by atoms with Crippen molar-refractivity contribution in [2.45, 2.75) is 25.7 Å². The first-order chi connectivity index (χ1) is 17.1.